The molecule has 2 aromatic carbocycles. The van der Waals surface area contributed by atoms with E-state index in [2.05, 4.69) is 58.1 Å². The third-order valence-electron chi connectivity index (χ3n) is 6.78. The molecule has 3 aromatic heterocycles. The molecule has 6 rings (SSSR count). The van der Waals surface area contributed by atoms with Crippen LogP contribution in [0.15, 0.2) is 65.5 Å². The first-order valence-corrected chi connectivity index (χ1v) is 12.6. The van der Waals surface area contributed by atoms with Gasteiger partial charge >= 0.3 is 0 Å². The average Bonchev–Trinajstić information content (AvgIpc) is 3.53. The predicted molar refractivity (Wildman–Crippen MR) is 140 cm³/mol. The molecule has 1 aliphatic heterocycles. The van der Waals surface area contributed by atoms with Gasteiger partial charge < -0.3 is 9.88 Å². The molecule has 0 radical (unpaired) electrons. The Bertz CT molecular complexity index is 1530. The van der Waals surface area contributed by atoms with E-state index in [0.717, 1.165) is 50.7 Å². The maximum absolute atomic E-state index is 13.4. The summed E-state index contributed by atoms with van der Waals surface area (Å²) < 4.78 is 3.44. The van der Waals surface area contributed by atoms with Gasteiger partial charge in [-0.1, -0.05) is 67.6 Å². The van der Waals surface area contributed by atoms with Crippen molar-refractivity contribution in [2.45, 2.75) is 32.9 Å². The molecular weight excluding hydrogens is 452 g/mol. The molecule has 1 fully saturated rings. The lowest BCUT2D eigenvalue weighted by molar-refractivity contribution is 0.249. The number of aromatic amines is 1. The van der Waals surface area contributed by atoms with Gasteiger partial charge in [-0.3, -0.25) is 14.3 Å². The Labute approximate surface area is 209 Å². The molecule has 0 amide bonds. The van der Waals surface area contributed by atoms with Gasteiger partial charge in [-0.25, -0.2) is 0 Å². The van der Waals surface area contributed by atoms with Crippen LogP contribution < -0.4 is 10.5 Å². The van der Waals surface area contributed by atoms with Gasteiger partial charge in [0, 0.05) is 45.7 Å². The van der Waals surface area contributed by atoms with Crippen molar-refractivity contribution in [3.05, 3.63) is 88.0 Å². The first-order chi connectivity index (χ1) is 17.7. The molecule has 9 nitrogen and oxygen atoms in total. The smallest absolute Gasteiger partial charge is 0.281 e. The number of rotatable bonds is 7. The van der Waals surface area contributed by atoms with E-state index >= 15 is 0 Å². The van der Waals surface area contributed by atoms with Crippen molar-refractivity contribution in [1.29, 1.82) is 0 Å². The minimum absolute atomic E-state index is 0.0977. The number of hydrogen-bond donors (Lipinski definition) is 1. The van der Waals surface area contributed by atoms with Gasteiger partial charge in [-0.15, -0.1) is 5.10 Å². The zero-order chi connectivity index (χ0) is 24.5. The maximum atomic E-state index is 13.4. The standard InChI is InChI=1S/C27H30N8O/c1-2-13-34-25(36)23-24(35-27(34)28-22(31-35)18-20-9-5-3-6-10-20)30-26(29-23)33-16-14-32(15-17-33)19-21-11-7-4-8-12-21/h3-12H,2,13-19H2,1H3,(H,29,30). The Balaban J connectivity index is 1.30. The normalized spacial score (nSPS) is 14.8. The number of fused-ring (bicyclic) bond motifs is 3. The Kier molecular flexibility index (Phi) is 5.98. The highest BCUT2D eigenvalue weighted by Gasteiger charge is 2.23. The summed E-state index contributed by atoms with van der Waals surface area (Å²) in [4.78, 5) is 31.0. The van der Waals surface area contributed by atoms with Gasteiger partial charge in [-0.2, -0.15) is 14.5 Å². The van der Waals surface area contributed by atoms with Crippen molar-refractivity contribution in [1.82, 2.24) is 34.0 Å². The monoisotopic (exact) mass is 482 g/mol. The first-order valence-electron chi connectivity index (χ1n) is 12.6. The molecule has 0 saturated carbocycles. The predicted octanol–water partition coefficient (Wildman–Crippen LogP) is 3.09. The lowest BCUT2D eigenvalue weighted by Crippen LogP contribution is -2.46. The molecule has 0 atom stereocenters. The van der Waals surface area contributed by atoms with Crippen LogP contribution in [0.25, 0.3) is 16.9 Å². The second kappa shape index (κ2) is 9.58. The van der Waals surface area contributed by atoms with Crippen LogP contribution in [0, 0.1) is 0 Å². The Morgan fingerprint density at radius 2 is 1.58 bits per heavy atom. The minimum atomic E-state index is -0.0977. The largest absolute Gasteiger partial charge is 0.340 e. The van der Waals surface area contributed by atoms with Crippen LogP contribution in [-0.2, 0) is 19.5 Å². The van der Waals surface area contributed by atoms with E-state index in [-0.39, 0.29) is 5.56 Å². The van der Waals surface area contributed by atoms with Crippen molar-refractivity contribution < 1.29 is 0 Å². The number of aryl methyl sites for hydroxylation is 1. The SMILES string of the molecule is CCCn1c(=O)c2[nH]c(N3CCN(Cc4ccccc4)CC3)nc2n2nc(Cc3ccccc3)nc12. The highest BCUT2D eigenvalue weighted by Crippen LogP contribution is 2.19. The molecule has 1 N–H and O–H groups in total. The zero-order valence-electron chi connectivity index (χ0n) is 20.5. The third-order valence-corrected chi connectivity index (χ3v) is 6.78. The van der Waals surface area contributed by atoms with Crippen LogP contribution in [0.5, 0.6) is 0 Å². The van der Waals surface area contributed by atoms with Gasteiger partial charge in [0.1, 0.15) is 0 Å². The van der Waals surface area contributed by atoms with Crippen molar-refractivity contribution in [3.8, 4) is 0 Å². The van der Waals surface area contributed by atoms with Crippen LogP contribution in [0.4, 0.5) is 5.95 Å². The first kappa shape index (κ1) is 22.5. The summed E-state index contributed by atoms with van der Waals surface area (Å²) in [6, 6.07) is 20.7. The quantitative estimate of drug-likeness (QED) is 0.384. The minimum Gasteiger partial charge on any atom is -0.340 e. The van der Waals surface area contributed by atoms with Gasteiger partial charge in [0.2, 0.25) is 11.7 Å². The van der Waals surface area contributed by atoms with Crippen molar-refractivity contribution in [3.63, 3.8) is 0 Å². The zero-order valence-corrected chi connectivity index (χ0v) is 20.5. The van der Waals surface area contributed by atoms with Crippen LogP contribution >= 0.6 is 0 Å². The molecule has 1 aliphatic rings. The fraction of sp³-hybridized carbons (Fsp3) is 0.333. The number of aromatic nitrogens is 6. The molecule has 0 bridgehead atoms. The molecule has 184 valence electrons. The van der Waals surface area contributed by atoms with E-state index in [1.54, 1.807) is 9.08 Å². The molecule has 0 spiro atoms. The van der Waals surface area contributed by atoms with Crippen molar-refractivity contribution in [2.75, 3.05) is 31.1 Å². The number of hydrogen-bond acceptors (Lipinski definition) is 6. The summed E-state index contributed by atoms with van der Waals surface area (Å²) in [6.45, 7) is 7.14. The highest BCUT2D eigenvalue weighted by molar-refractivity contribution is 5.75. The topological polar surface area (TPSA) is 87.4 Å². The fourth-order valence-electron chi connectivity index (χ4n) is 4.93. The molecule has 0 unspecified atom stereocenters. The third kappa shape index (κ3) is 4.26. The van der Waals surface area contributed by atoms with E-state index in [1.165, 1.54) is 5.56 Å². The number of anilines is 1. The summed E-state index contributed by atoms with van der Waals surface area (Å²) in [5.41, 5.74) is 3.38. The maximum Gasteiger partial charge on any atom is 0.281 e. The summed E-state index contributed by atoms with van der Waals surface area (Å²) in [6.07, 6.45) is 1.43. The molecule has 5 aromatic rings. The Morgan fingerprint density at radius 1 is 0.889 bits per heavy atom. The van der Waals surface area contributed by atoms with Gasteiger partial charge in [0.15, 0.2) is 17.0 Å². The van der Waals surface area contributed by atoms with Crippen LogP contribution in [0.1, 0.15) is 30.3 Å². The van der Waals surface area contributed by atoms with Crippen molar-refractivity contribution >= 4 is 22.9 Å². The molecule has 4 heterocycles. The number of benzene rings is 2. The summed E-state index contributed by atoms with van der Waals surface area (Å²) in [7, 11) is 0. The lowest BCUT2D eigenvalue weighted by Gasteiger charge is -2.34. The highest BCUT2D eigenvalue weighted by atomic mass is 16.1. The number of nitrogens with zero attached hydrogens (tertiary/aromatic N) is 7. The molecule has 36 heavy (non-hydrogen) atoms. The van der Waals surface area contributed by atoms with E-state index in [1.807, 2.05) is 24.3 Å². The number of imidazole rings is 1. The number of nitrogens with one attached hydrogen (secondary N) is 1. The van der Waals surface area contributed by atoms with Gasteiger partial charge in [0.25, 0.3) is 5.56 Å². The second-order valence-corrected chi connectivity index (χ2v) is 9.37. The molecule has 9 heteroatoms. The fourth-order valence-corrected chi connectivity index (χ4v) is 4.93. The summed E-state index contributed by atoms with van der Waals surface area (Å²) in [5, 5.41) is 4.77. The van der Waals surface area contributed by atoms with Crippen LogP contribution in [0.3, 0.4) is 0 Å². The second-order valence-electron chi connectivity index (χ2n) is 9.37. The Morgan fingerprint density at radius 3 is 2.28 bits per heavy atom. The Hall–Kier alpha value is -3.98. The molecule has 0 aliphatic carbocycles. The average molecular weight is 483 g/mol. The summed E-state index contributed by atoms with van der Waals surface area (Å²) >= 11 is 0. The van der Waals surface area contributed by atoms with Crippen LogP contribution in [0.2, 0.25) is 0 Å². The number of H-pyrrole nitrogens is 1. The number of piperazine rings is 1. The van der Waals surface area contributed by atoms with E-state index in [0.29, 0.717) is 35.7 Å². The van der Waals surface area contributed by atoms with Crippen molar-refractivity contribution in [2.24, 2.45) is 0 Å². The van der Waals surface area contributed by atoms with E-state index in [4.69, 9.17) is 15.1 Å². The lowest BCUT2D eigenvalue weighted by atomic mass is 10.1. The van der Waals surface area contributed by atoms with Gasteiger partial charge in [0.05, 0.1) is 0 Å². The van der Waals surface area contributed by atoms with Gasteiger partial charge in [-0.05, 0) is 17.5 Å². The summed E-state index contributed by atoms with van der Waals surface area (Å²) in [5.74, 6) is 1.94. The van der Waals surface area contributed by atoms with Crippen LogP contribution in [-0.4, -0.2) is 60.2 Å². The molecule has 1 saturated heterocycles. The van der Waals surface area contributed by atoms with E-state index in [9.17, 15) is 4.79 Å². The molecular formula is C27H30N8O. The van der Waals surface area contributed by atoms with E-state index < -0.39 is 0 Å².